The van der Waals surface area contributed by atoms with Gasteiger partial charge in [-0.3, -0.25) is 9.59 Å². The van der Waals surface area contributed by atoms with Gasteiger partial charge in [-0.15, -0.1) is 0 Å². The molecule has 6 heteroatoms. The van der Waals surface area contributed by atoms with Crippen LogP contribution in [0.3, 0.4) is 0 Å². The first-order valence-corrected chi connectivity index (χ1v) is 9.87. The number of fused-ring (bicyclic) bond motifs is 1. The molecular weight excluding hydrogens is 374 g/mol. The molecule has 1 atom stereocenters. The minimum Gasteiger partial charge on any atom is -0.356 e. The molecule has 0 saturated carbocycles. The Morgan fingerprint density at radius 1 is 1.11 bits per heavy atom. The number of aryl methyl sites for hydroxylation is 1. The minimum absolute atomic E-state index is 0.0266. The minimum atomic E-state index is -0.310. The second-order valence-electron chi connectivity index (χ2n) is 7.09. The first kappa shape index (κ1) is 18.6. The summed E-state index contributed by atoms with van der Waals surface area (Å²) in [5.74, 6) is -0.390. The molecule has 1 aliphatic rings. The van der Waals surface area contributed by atoms with E-state index >= 15 is 0 Å². The van der Waals surface area contributed by atoms with Crippen molar-refractivity contribution < 1.29 is 9.59 Å². The number of hydrogen-bond acceptors (Lipinski definition) is 2. The molecule has 0 aliphatic carbocycles. The molecule has 4 rings (SSSR count). The average Bonchev–Trinajstić information content (AvgIpc) is 3.29. The number of hydrogen-bond donors (Lipinski definition) is 1. The topological polar surface area (TPSA) is 54.3 Å². The summed E-state index contributed by atoms with van der Waals surface area (Å²) >= 11 is 5.90. The molecule has 5 nitrogen and oxygen atoms in total. The highest BCUT2D eigenvalue weighted by molar-refractivity contribution is 6.30. The molecule has 2 heterocycles. The van der Waals surface area contributed by atoms with Crippen LogP contribution in [-0.2, 0) is 16.1 Å². The largest absolute Gasteiger partial charge is 0.356 e. The predicted molar refractivity (Wildman–Crippen MR) is 111 cm³/mol. The maximum absolute atomic E-state index is 12.5. The van der Waals surface area contributed by atoms with Gasteiger partial charge in [0.2, 0.25) is 11.8 Å². The normalized spacial score (nSPS) is 16.7. The van der Waals surface area contributed by atoms with Crippen LogP contribution in [0.25, 0.3) is 10.9 Å². The van der Waals surface area contributed by atoms with E-state index in [0.29, 0.717) is 18.1 Å². The van der Waals surface area contributed by atoms with Crippen LogP contribution in [0.15, 0.2) is 60.8 Å². The molecule has 0 bridgehead atoms. The summed E-state index contributed by atoms with van der Waals surface area (Å²) in [6.45, 7) is 1.85. The van der Waals surface area contributed by atoms with Crippen LogP contribution in [0.2, 0.25) is 5.02 Å². The van der Waals surface area contributed by atoms with E-state index in [4.69, 9.17) is 11.6 Å². The molecule has 2 amide bonds. The fourth-order valence-electron chi connectivity index (χ4n) is 3.69. The number of carbonyl (C=O) groups is 2. The Morgan fingerprint density at radius 2 is 1.89 bits per heavy atom. The first-order chi connectivity index (χ1) is 13.6. The van der Waals surface area contributed by atoms with Crippen molar-refractivity contribution in [1.82, 2.24) is 9.88 Å². The van der Waals surface area contributed by atoms with Crippen LogP contribution in [0.1, 0.15) is 12.8 Å². The summed E-state index contributed by atoms with van der Waals surface area (Å²) in [6, 6.07) is 17.5. The van der Waals surface area contributed by atoms with E-state index in [2.05, 4.69) is 34.3 Å². The second kappa shape index (κ2) is 8.07. The standard InChI is InChI=1S/C22H22ClN3O2/c23-18-6-8-19(9-7-18)26-15-17(14-21(26)27)22(28)24-11-3-12-25-13-10-16-4-1-2-5-20(16)25/h1-2,4-10,13,17H,3,11-12,14-15H2,(H,24,28). The Hall–Kier alpha value is -2.79. The Kier molecular flexibility index (Phi) is 5.35. The van der Waals surface area contributed by atoms with Crippen LogP contribution in [0.4, 0.5) is 5.69 Å². The van der Waals surface area contributed by atoms with Gasteiger partial charge in [-0.25, -0.2) is 0 Å². The molecule has 0 spiro atoms. The fraction of sp³-hybridized carbons (Fsp3) is 0.273. The highest BCUT2D eigenvalue weighted by Crippen LogP contribution is 2.26. The third kappa shape index (κ3) is 3.90. The van der Waals surface area contributed by atoms with Crippen molar-refractivity contribution in [2.75, 3.05) is 18.0 Å². The van der Waals surface area contributed by atoms with Crippen molar-refractivity contribution in [3.8, 4) is 0 Å². The van der Waals surface area contributed by atoms with Crippen molar-refractivity contribution in [3.63, 3.8) is 0 Å². The van der Waals surface area contributed by atoms with Crippen molar-refractivity contribution in [3.05, 3.63) is 65.8 Å². The molecular formula is C22H22ClN3O2. The zero-order chi connectivity index (χ0) is 19.5. The molecule has 1 aliphatic heterocycles. The van der Waals surface area contributed by atoms with Crippen molar-refractivity contribution in [2.45, 2.75) is 19.4 Å². The van der Waals surface area contributed by atoms with Crippen LogP contribution < -0.4 is 10.2 Å². The third-order valence-electron chi connectivity index (χ3n) is 5.19. The Balaban J connectivity index is 1.27. The van der Waals surface area contributed by atoms with Gasteiger partial charge in [0.1, 0.15) is 0 Å². The smallest absolute Gasteiger partial charge is 0.227 e. The average molecular weight is 396 g/mol. The van der Waals surface area contributed by atoms with Crippen molar-refractivity contribution >= 4 is 40.0 Å². The zero-order valence-corrected chi connectivity index (χ0v) is 16.2. The first-order valence-electron chi connectivity index (χ1n) is 9.49. The lowest BCUT2D eigenvalue weighted by Gasteiger charge is -2.16. The van der Waals surface area contributed by atoms with E-state index in [9.17, 15) is 9.59 Å². The van der Waals surface area contributed by atoms with Gasteiger partial charge in [-0.05, 0) is 48.2 Å². The maximum Gasteiger partial charge on any atom is 0.227 e. The van der Waals surface area contributed by atoms with E-state index in [1.165, 1.54) is 10.9 Å². The van der Waals surface area contributed by atoms with Crippen molar-refractivity contribution in [2.24, 2.45) is 5.92 Å². The highest BCUT2D eigenvalue weighted by atomic mass is 35.5. The number of anilines is 1. The van der Waals surface area contributed by atoms with Gasteiger partial charge < -0.3 is 14.8 Å². The number of nitrogens with zero attached hydrogens (tertiary/aromatic N) is 2. The van der Waals surface area contributed by atoms with E-state index in [-0.39, 0.29) is 24.2 Å². The zero-order valence-electron chi connectivity index (χ0n) is 15.5. The molecule has 1 N–H and O–H groups in total. The number of rotatable bonds is 6. The number of aromatic nitrogens is 1. The molecule has 2 aromatic carbocycles. The van der Waals surface area contributed by atoms with Gasteiger partial charge in [-0.2, -0.15) is 0 Å². The maximum atomic E-state index is 12.5. The fourth-order valence-corrected chi connectivity index (χ4v) is 3.82. The molecule has 0 radical (unpaired) electrons. The molecule has 3 aromatic rings. The monoisotopic (exact) mass is 395 g/mol. The number of nitrogens with one attached hydrogen (secondary N) is 1. The number of benzene rings is 2. The van der Waals surface area contributed by atoms with E-state index in [1.807, 2.05) is 24.3 Å². The molecule has 144 valence electrons. The summed E-state index contributed by atoms with van der Waals surface area (Å²) in [5.41, 5.74) is 1.98. The molecule has 1 aromatic heterocycles. The second-order valence-corrected chi connectivity index (χ2v) is 7.53. The quantitative estimate of drug-likeness (QED) is 0.644. The highest BCUT2D eigenvalue weighted by Gasteiger charge is 2.34. The summed E-state index contributed by atoms with van der Waals surface area (Å²) in [4.78, 5) is 26.4. The SMILES string of the molecule is O=C(NCCCn1ccc2ccccc21)C1CC(=O)N(c2ccc(Cl)cc2)C1. The van der Waals surface area contributed by atoms with Gasteiger partial charge in [0.25, 0.3) is 0 Å². The predicted octanol–water partition coefficient (Wildman–Crippen LogP) is 3.85. The molecule has 1 fully saturated rings. The molecule has 1 unspecified atom stereocenters. The Morgan fingerprint density at radius 3 is 2.71 bits per heavy atom. The number of amides is 2. The Labute approximate surface area is 168 Å². The van der Waals surface area contributed by atoms with Crippen LogP contribution in [0, 0.1) is 5.92 Å². The molecule has 28 heavy (non-hydrogen) atoms. The number of para-hydroxylation sites is 1. The van der Waals surface area contributed by atoms with Crippen LogP contribution in [0.5, 0.6) is 0 Å². The van der Waals surface area contributed by atoms with Gasteiger partial charge in [0.15, 0.2) is 0 Å². The summed E-state index contributed by atoms with van der Waals surface area (Å²) in [7, 11) is 0. The van der Waals surface area contributed by atoms with Gasteiger partial charge in [-0.1, -0.05) is 29.8 Å². The van der Waals surface area contributed by atoms with Crippen LogP contribution in [-0.4, -0.2) is 29.5 Å². The lowest BCUT2D eigenvalue weighted by Crippen LogP contribution is -2.33. The summed E-state index contributed by atoms with van der Waals surface area (Å²) in [5, 5.41) is 4.83. The summed E-state index contributed by atoms with van der Waals surface area (Å²) in [6.07, 6.45) is 3.16. The van der Waals surface area contributed by atoms with Crippen molar-refractivity contribution in [1.29, 1.82) is 0 Å². The summed E-state index contributed by atoms with van der Waals surface area (Å²) < 4.78 is 2.20. The number of halogens is 1. The van der Waals surface area contributed by atoms with Gasteiger partial charge >= 0.3 is 0 Å². The third-order valence-corrected chi connectivity index (χ3v) is 5.44. The van der Waals surface area contributed by atoms with E-state index in [0.717, 1.165) is 18.7 Å². The van der Waals surface area contributed by atoms with Crippen LogP contribution >= 0.6 is 11.6 Å². The van der Waals surface area contributed by atoms with Gasteiger partial charge in [0.05, 0.1) is 5.92 Å². The Bertz CT molecular complexity index is 996. The lowest BCUT2D eigenvalue weighted by atomic mass is 10.1. The van der Waals surface area contributed by atoms with E-state index in [1.54, 1.807) is 17.0 Å². The molecule has 1 saturated heterocycles. The van der Waals surface area contributed by atoms with E-state index < -0.39 is 0 Å². The van der Waals surface area contributed by atoms with Gasteiger partial charge in [0, 0.05) is 48.5 Å². The lowest BCUT2D eigenvalue weighted by molar-refractivity contribution is -0.126. The number of carbonyl (C=O) groups excluding carboxylic acids is 2.